The summed E-state index contributed by atoms with van der Waals surface area (Å²) in [5.41, 5.74) is 2.04. The van der Waals surface area contributed by atoms with Crippen LogP contribution in [0.2, 0.25) is 0 Å². The number of fused-ring (bicyclic) bond motifs is 1. The molecule has 0 radical (unpaired) electrons. The number of hydrogen-bond donors (Lipinski definition) is 0. The van der Waals surface area contributed by atoms with Crippen LogP contribution in [0.1, 0.15) is 11.4 Å². The first-order valence-corrected chi connectivity index (χ1v) is 3.60. The van der Waals surface area contributed by atoms with E-state index in [2.05, 4.69) is 16.0 Å². The van der Waals surface area contributed by atoms with Crippen LogP contribution >= 0.6 is 0 Å². The fourth-order valence-electron chi connectivity index (χ4n) is 1.08. The Labute approximate surface area is 65.3 Å². The van der Waals surface area contributed by atoms with E-state index in [4.69, 9.17) is 0 Å². The van der Waals surface area contributed by atoms with Gasteiger partial charge >= 0.3 is 0 Å². The molecule has 1 heterocycles. The van der Waals surface area contributed by atoms with E-state index in [9.17, 15) is 0 Å². The predicted molar refractivity (Wildman–Crippen MR) is 43.9 cm³/mol. The zero-order valence-electron chi connectivity index (χ0n) is 6.07. The summed E-state index contributed by atoms with van der Waals surface area (Å²) in [4.78, 5) is 8.40. The van der Waals surface area contributed by atoms with Gasteiger partial charge in [-0.3, -0.25) is 9.97 Å². The van der Waals surface area contributed by atoms with Crippen LogP contribution in [0.25, 0.3) is 6.08 Å². The molecule has 0 fully saturated rings. The van der Waals surface area contributed by atoms with Crippen molar-refractivity contribution >= 4 is 6.08 Å². The lowest BCUT2D eigenvalue weighted by molar-refractivity contribution is 1.04. The lowest BCUT2D eigenvalue weighted by atomic mass is 10.2. The highest BCUT2D eigenvalue weighted by Crippen LogP contribution is 2.08. The van der Waals surface area contributed by atoms with Gasteiger partial charge in [0.2, 0.25) is 0 Å². The largest absolute Gasteiger partial charge is 0.257 e. The molecule has 0 aliphatic heterocycles. The van der Waals surface area contributed by atoms with Gasteiger partial charge in [0, 0.05) is 18.8 Å². The van der Waals surface area contributed by atoms with Crippen molar-refractivity contribution < 1.29 is 0 Å². The van der Waals surface area contributed by atoms with Crippen LogP contribution in [-0.4, -0.2) is 9.97 Å². The van der Waals surface area contributed by atoms with E-state index in [0.29, 0.717) is 0 Å². The van der Waals surface area contributed by atoms with Crippen LogP contribution in [0, 0.1) is 0 Å². The summed E-state index contributed by atoms with van der Waals surface area (Å²) in [7, 11) is 0. The first-order chi connectivity index (χ1) is 5.47. The molecular weight excluding hydrogens is 136 g/mol. The van der Waals surface area contributed by atoms with Gasteiger partial charge in [-0.25, -0.2) is 0 Å². The zero-order chi connectivity index (χ0) is 7.52. The molecule has 0 spiro atoms. The SMILES string of the molecule is C1=CCc2nccnc2C=C1. The Balaban J connectivity index is 2.52. The van der Waals surface area contributed by atoms with E-state index in [0.717, 1.165) is 17.8 Å². The fraction of sp³-hybridized carbons (Fsp3) is 0.111. The maximum Gasteiger partial charge on any atom is 0.0848 e. The second-order valence-corrected chi connectivity index (χ2v) is 2.38. The summed E-state index contributed by atoms with van der Waals surface area (Å²) in [6.07, 6.45) is 12.4. The molecule has 0 N–H and O–H groups in total. The van der Waals surface area contributed by atoms with E-state index in [1.165, 1.54) is 0 Å². The molecule has 0 atom stereocenters. The molecule has 0 amide bonds. The highest BCUT2D eigenvalue weighted by molar-refractivity contribution is 5.51. The van der Waals surface area contributed by atoms with Crippen molar-refractivity contribution in [2.24, 2.45) is 0 Å². The molecular formula is C9H8N2. The first kappa shape index (κ1) is 6.28. The van der Waals surface area contributed by atoms with Crippen LogP contribution in [0.5, 0.6) is 0 Å². The standard InChI is InChI=1S/C9H8N2/c1-2-4-8-9(5-3-1)11-7-6-10-8/h1-4,6-7H,5H2. The number of hydrogen-bond acceptors (Lipinski definition) is 2. The molecule has 2 nitrogen and oxygen atoms in total. The summed E-state index contributed by atoms with van der Waals surface area (Å²) in [6.45, 7) is 0. The topological polar surface area (TPSA) is 25.8 Å². The second kappa shape index (κ2) is 2.66. The molecule has 0 saturated heterocycles. The molecule has 1 aromatic rings. The predicted octanol–water partition coefficient (Wildman–Crippen LogP) is 1.60. The van der Waals surface area contributed by atoms with Gasteiger partial charge in [0.05, 0.1) is 11.4 Å². The molecule has 1 aromatic heterocycles. The number of rotatable bonds is 0. The van der Waals surface area contributed by atoms with Gasteiger partial charge in [0.15, 0.2) is 0 Å². The van der Waals surface area contributed by atoms with Crippen LogP contribution in [0.15, 0.2) is 30.6 Å². The van der Waals surface area contributed by atoms with Gasteiger partial charge in [-0.2, -0.15) is 0 Å². The van der Waals surface area contributed by atoms with Crippen LogP contribution in [-0.2, 0) is 6.42 Å². The minimum absolute atomic E-state index is 0.885. The normalized spacial score (nSPS) is 14.2. The van der Waals surface area contributed by atoms with Crippen LogP contribution in [0.4, 0.5) is 0 Å². The van der Waals surface area contributed by atoms with Crippen molar-refractivity contribution in [3.8, 4) is 0 Å². The highest BCUT2D eigenvalue weighted by Gasteiger charge is 2.00. The third-order valence-electron chi connectivity index (χ3n) is 1.62. The van der Waals surface area contributed by atoms with Gasteiger partial charge in [-0.05, 0) is 6.08 Å². The smallest absolute Gasteiger partial charge is 0.0848 e. The molecule has 1 aliphatic rings. The average molecular weight is 144 g/mol. The Kier molecular flexibility index (Phi) is 1.52. The first-order valence-electron chi connectivity index (χ1n) is 3.60. The lowest BCUT2D eigenvalue weighted by Crippen LogP contribution is -1.92. The minimum Gasteiger partial charge on any atom is -0.257 e. The van der Waals surface area contributed by atoms with E-state index < -0.39 is 0 Å². The molecule has 11 heavy (non-hydrogen) atoms. The highest BCUT2D eigenvalue weighted by atomic mass is 14.8. The van der Waals surface area contributed by atoms with Gasteiger partial charge in [0.25, 0.3) is 0 Å². The molecule has 2 rings (SSSR count). The van der Waals surface area contributed by atoms with Gasteiger partial charge in [0.1, 0.15) is 0 Å². The maximum absolute atomic E-state index is 4.21. The van der Waals surface area contributed by atoms with Crippen molar-refractivity contribution in [1.82, 2.24) is 9.97 Å². The molecule has 1 aliphatic carbocycles. The Hall–Kier alpha value is -1.44. The zero-order valence-corrected chi connectivity index (χ0v) is 6.07. The quantitative estimate of drug-likeness (QED) is 0.552. The van der Waals surface area contributed by atoms with E-state index >= 15 is 0 Å². The van der Waals surface area contributed by atoms with E-state index in [-0.39, 0.29) is 0 Å². The maximum atomic E-state index is 4.21. The molecule has 0 bridgehead atoms. The molecule has 2 heteroatoms. The Morgan fingerprint density at radius 1 is 1.09 bits per heavy atom. The molecule has 0 unspecified atom stereocenters. The number of allylic oxidation sites excluding steroid dienone is 3. The van der Waals surface area contributed by atoms with Crippen LogP contribution < -0.4 is 0 Å². The summed E-state index contributed by atoms with van der Waals surface area (Å²) >= 11 is 0. The van der Waals surface area contributed by atoms with E-state index in [1.54, 1.807) is 12.4 Å². The third kappa shape index (κ3) is 1.19. The number of nitrogens with zero attached hydrogens (tertiary/aromatic N) is 2. The summed E-state index contributed by atoms with van der Waals surface area (Å²) in [5.74, 6) is 0. The monoisotopic (exact) mass is 144 g/mol. The Bertz CT molecular complexity index is 313. The Morgan fingerprint density at radius 3 is 3.00 bits per heavy atom. The Morgan fingerprint density at radius 2 is 2.00 bits per heavy atom. The van der Waals surface area contributed by atoms with Gasteiger partial charge < -0.3 is 0 Å². The van der Waals surface area contributed by atoms with Crippen LogP contribution in [0.3, 0.4) is 0 Å². The molecule has 0 saturated carbocycles. The molecule has 54 valence electrons. The fourth-order valence-corrected chi connectivity index (χ4v) is 1.08. The van der Waals surface area contributed by atoms with Gasteiger partial charge in [-0.1, -0.05) is 18.2 Å². The minimum atomic E-state index is 0.885. The van der Waals surface area contributed by atoms with Crippen molar-refractivity contribution in [3.05, 3.63) is 42.0 Å². The third-order valence-corrected chi connectivity index (χ3v) is 1.62. The van der Waals surface area contributed by atoms with E-state index in [1.807, 2.05) is 18.2 Å². The number of aromatic nitrogens is 2. The lowest BCUT2D eigenvalue weighted by Gasteiger charge is -1.96. The van der Waals surface area contributed by atoms with Crippen molar-refractivity contribution in [3.63, 3.8) is 0 Å². The van der Waals surface area contributed by atoms with Crippen molar-refractivity contribution in [2.45, 2.75) is 6.42 Å². The summed E-state index contributed by atoms with van der Waals surface area (Å²) in [6, 6.07) is 0. The van der Waals surface area contributed by atoms with Crippen molar-refractivity contribution in [1.29, 1.82) is 0 Å². The average Bonchev–Trinajstić information content (AvgIpc) is 2.28. The summed E-state index contributed by atoms with van der Waals surface area (Å²) < 4.78 is 0. The second-order valence-electron chi connectivity index (χ2n) is 2.38. The molecule has 0 aromatic carbocycles. The summed E-state index contributed by atoms with van der Waals surface area (Å²) in [5, 5.41) is 0. The van der Waals surface area contributed by atoms with Gasteiger partial charge in [-0.15, -0.1) is 0 Å². The van der Waals surface area contributed by atoms with Crippen molar-refractivity contribution in [2.75, 3.05) is 0 Å².